The molecule has 0 fully saturated rings. The summed E-state index contributed by atoms with van der Waals surface area (Å²) >= 11 is 0. The molecule has 0 atom stereocenters. The molecule has 0 spiro atoms. The molecule has 0 radical (unpaired) electrons. The van der Waals surface area contributed by atoms with E-state index >= 15 is 0 Å². The number of aliphatic hydroxyl groups excluding tert-OH is 1. The maximum Gasteiger partial charge on any atom is 0.573 e. The minimum absolute atomic E-state index is 0.0482. The van der Waals surface area contributed by atoms with Crippen molar-refractivity contribution in [3.63, 3.8) is 0 Å². The summed E-state index contributed by atoms with van der Waals surface area (Å²) in [5, 5.41) is 8.44. The summed E-state index contributed by atoms with van der Waals surface area (Å²) in [5.74, 6) is 3.30. The number of alkyl halides is 3. The molecule has 17 heavy (non-hydrogen) atoms. The fourth-order valence-corrected chi connectivity index (χ4v) is 1.01. The topological polar surface area (TPSA) is 29.5 Å². The molecule has 0 saturated carbocycles. The monoisotopic (exact) mass is 248 g/mol. The quantitative estimate of drug-likeness (QED) is 0.643. The van der Waals surface area contributed by atoms with Crippen LogP contribution in [0.4, 0.5) is 17.6 Å². The average Bonchev–Trinajstić information content (AvgIpc) is 2.19. The molecular formula is C11H8F4O2. The molecule has 6 heteroatoms. The van der Waals surface area contributed by atoms with Crippen LogP contribution in [0.15, 0.2) is 18.2 Å². The number of benzene rings is 1. The largest absolute Gasteiger partial charge is 0.573 e. The lowest BCUT2D eigenvalue weighted by molar-refractivity contribution is -0.274. The van der Waals surface area contributed by atoms with Crippen LogP contribution in [0.25, 0.3) is 0 Å². The van der Waals surface area contributed by atoms with Crippen molar-refractivity contribution in [3.8, 4) is 17.6 Å². The van der Waals surface area contributed by atoms with E-state index in [4.69, 9.17) is 5.11 Å². The van der Waals surface area contributed by atoms with Gasteiger partial charge in [-0.1, -0.05) is 11.8 Å². The van der Waals surface area contributed by atoms with Crippen molar-refractivity contribution in [2.75, 3.05) is 6.61 Å². The second-order valence-corrected chi connectivity index (χ2v) is 2.96. The summed E-state index contributed by atoms with van der Waals surface area (Å²) in [4.78, 5) is 0. The van der Waals surface area contributed by atoms with Gasteiger partial charge < -0.3 is 9.84 Å². The molecule has 92 valence electrons. The molecule has 0 aliphatic heterocycles. The Morgan fingerprint density at radius 3 is 2.53 bits per heavy atom. The van der Waals surface area contributed by atoms with Gasteiger partial charge in [-0.3, -0.25) is 0 Å². The molecule has 0 bridgehead atoms. The van der Waals surface area contributed by atoms with Gasteiger partial charge in [-0.2, -0.15) is 0 Å². The van der Waals surface area contributed by atoms with Gasteiger partial charge in [-0.15, -0.1) is 13.2 Å². The number of hydrogen-bond acceptors (Lipinski definition) is 2. The zero-order valence-electron chi connectivity index (χ0n) is 8.51. The normalized spacial score (nSPS) is 10.6. The Morgan fingerprint density at radius 1 is 1.29 bits per heavy atom. The first-order valence-electron chi connectivity index (χ1n) is 4.57. The fraction of sp³-hybridized carbons (Fsp3) is 0.273. The first-order valence-corrected chi connectivity index (χ1v) is 4.57. The van der Waals surface area contributed by atoms with Crippen molar-refractivity contribution >= 4 is 0 Å². The number of hydrogen-bond donors (Lipinski definition) is 1. The lowest BCUT2D eigenvalue weighted by atomic mass is 10.2. The molecule has 1 rings (SSSR count). The highest BCUT2D eigenvalue weighted by atomic mass is 19.4. The number of ether oxygens (including phenoxy) is 1. The Balaban J connectivity index is 2.84. The summed E-state index contributed by atoms with van der Waals surface area (Å²) in [5.41, 5.74) is -0.0482. The van der Waals surface area contributed by atoms with Crippen LogP contribution in [-0.4, -0.2) is 18.1 Å². The first kappa shape index (κ1) is 13.3. The van der Waals surface area contributed by atoms with Crippen molar-refractivity contribution in [2.24, 2.45) is 0 Å². The van der Waals surface area contributed by atoms with Gasteiger partial charge in [-0.25, -0.2) is 4.39 Å². The minimum atomic E-state index is -4.85. The van der Waals surface area contributed by atoms with Crippen LogP contribution >= 0.6 is 0 Å². The van der Waals surface area contributed by atoms with Crippen LogP contribution in [0, 0.1) is 17.7 Å². The first-order chi connectivity index (χ1) is 7.92. The van der Waals surface area contributed by atoms with E-state index in [0.717, 1.165) is 12.1 Å². The smallest absolute Gasteiger partial charge is 0.406 e. The van der Waals surface area contributed by atoms with E-state index in [9.17, 15) is 17.6 Å². The molecule has 0 aromatic heterocycles. The van der Waals surface area contributed by atoms with Crippen LogP contribution in [0.3, 0.4) is 0 Å². The Kier molecular flexibility index (Phi) is 4.35. The van der Waals surface area contributed by atoms with Gasteiger partial charge in [0.1, 0.15) is 11.6 Å². The highest BCUT2D eigenvalue weighted by molar-refractivity contribution is 5.39. The van der Waals surface area contributed by atoms with Gasteiger partial charge in [0.2, 0.25) is 0 Å². The van der Waals surface area contributed by atoms with Crippen LogP contribution in [0.5, 0.6) is 5.75 Å². The highest BCUT2D eigenvalue weighted by Crippen LogP contribution is 2.24. The molecule has 0 amide bonds. The zero-order chi connectivity index (χ0) is 12.9. The molecule has 1 N–H and O–H groups in total. The van der Waals surface area contributed by atoms with Gasteiger partial charge >= 0.3 is 6.36 Å². The zero-order valence-corrected chi connectivity index (χ0v) is 8.51. The molecule has 1 aromatic rings. The summed E-state index contributed by atoms with van der Waals surface area (Å²) in [6.07, 6.45) is -4.68. The predicted molar refractivity (Wildman–Crippen MR) is 51.7 cm³/mol. The Labute approximate surface area is 94.8 Å². The third kappa shape index (κ3) is 4.74. The maximum atomic E-state index is 13.2. The van der Waals surface area contributed by atoms with E-state index in [1.54, 1.807) is 0 Å². The summed E-state index contributed by atoms with van der Waals surface area (Å²) < 4.78 is 52.2. The third-order valence-corrected chi connectivity index (χ3v) is 1.63. The SMILES string of the molecule is OCCC#Cc1ccc(OC(F)(F)F)cc1F. The van der Waals surface area contributed by atoms with Crippen LogP contribution in [0.1, 0.15) is 12.0 Å². The summed E-state index contributed by atoms with van der Waals surface area (Å²) in [7, 11) is 0. The molecule has 0 aliphatic rings. The van der Waals surface area contributed by atoms with Gasteiger partial charge in [0.05, 0.1) is 12.2 Å². The number of rotatable bonds is 2. The standard InChI is InChI=1S/C11H8F4O2/c12-10-7-9(17-11(13,14)15)5-4-8(10)3-1-2-6-16/h4-5,7,16H,2,6H2. The Hall–Kier alpha value is -1.74. The fourth-order valence-electron chi connectivity index (χ4n) is 1.01. The van der Waals surface area contributed by atoms with E-state index in [0.29, 0.717) is 6.07 Å². The van der Waals surface area contributed by atoms with E-state index in [1.165, 1.54) is 0 Å². The second-order valence-electron chi connectivity index (χ2n) is 2.96. The Bertz CT molecular complexity index is 443. The lowest BCUT2D eigenvalue weighted by Gasteiger charge is -2.08. The van der Waals surface area contributed by atoms with Crippen molar-refractivity contribution in [1.82, 2.24) is 0 Å². The van der Waals surface area contributed by atoms with Crippen molar-refractivity contribution in [1.29, 1.82) is 0 Å². The molecule has 0 unspecified atom stereocenters. The molecule has 1 aromatic carbocycles. The van der Waals surface area contributed by atoms with E-state index in [1.807, 2.05) is 0 Å². The summed E-state index contributed by atoms with van der Waals surface area (Å²) in [6.45, 7) is -0.163. The van der Waals surface area contributed by atoms with Gasteiger partial charge in [0, 0.05) is 12.5 Å². The highest BCUT2D eigenvalue weighted by Gasteiger charge is 2.31. The molecular weight excluding hydrogens is 240 g/mol. The van der Waals surface area contributed by atoms with E-state index < -0.39 is 17.9 Å². The van der Waals surface area contributed by atoms with E-state index in [2.05, 4.69) is 16.6 Å². The van der Waals surface area contributed by atoms with Crippen LogP contribution < -0.4 is 4.74 Å². The number of halogens is 4. The van der Waals surface area contributed by atoms with Crippen molar-refractivity contribution in [2.45, 2.75) is 12.8 Å². The average molecular weight is 248 g/mol. The lowest BCUT2D eigenvalue weighted by Crippen LogP contribution is -2.17. The second kappa shape index (κ2) is 5.55. The van der Waals surface area contributed by atoms with Crippen molar-refractivity contribution < 1.29 is 27.4 Å². The van der Waals surface area contributed by atoms with E-state index in [-0.39, 0.29) is 18.6 Å². The molecule has 0 saturated heterocycles. The van der Waals surface area contributed by atoms with Crippen molar-refractivity contribution in [3.05, 3.63) is 29.6 Å². The van der Waals surface area contributed by atoms with Gasteiger partial charge in [-0.05, 0) is 12.1 Å². The van der Waals surface area contributed by atoms with Crippen LogP contribution in [-0.2, 0) is 0 Å². The predicted octanol–water partition coefficient (Wildman–Crippen LogP) is 2.46. The number of aliphatic hydroxyl groups is 1. The van der Waals surface area contributed by atoms with Gasteiger partial charge in [0.25, 0.3) is 0 Å². The molecule has 0 heterocycles. The summed E-state index contributed by atoms with van der Waals surface area (Å²) in [6, 6.07) is 2.66. The van der Waals surface area contributed by atoms with Gasteiger partial charge in [0.15, 0.2) is 0 Å². The minimum Gasteiger partial charge on any atom is -0.406 e. The maximum absolute atomic E-state index is 13.2. The Morgan fingerprint density at radius 2 is 2.00 bits per heavy atom. The van der Waals surface area contributed by atoms with Crippen LogP contribution in [0.2, 0.25) is 0 Å². The molecule has 0 aliphatic carbocycles. The third-order valence-electron chi connectivity index (χ3n) is 1.63. The molecule has 2 nitrogen and oxygen atoms in total.